The van der Waals surface area contributed by atoms with Crippen molar-refractivity contribution in [1.29, 1.82) is 0 Å². The highest BCUT2D eigenvalue weighted by atomic mass is 16.2. The highest BCUT2D eigenvalue weighted by molar-refractivity contribution is 6.01. The summed E-state index contributed by atoms with van der Waals surface area (Å²) in [5.41, 5.74) is 4.30. The highest BCUT2D eigenvalue weighted by Crippen LogP contribution is 2.32. The minimum Gasteiger partial charge on any atom is -0.368 e. The van der Waals surface area contributed by atoms with Crippen molar-refractivity contribution in [1.82, 2.24) is 29.7 Å². The molecule has 48 heavy (non-hydrogen) atoms. The van der Waals surface area contributed by atoms with Gasteiger partial charge in [0.15, 0.2) is 5.78 Å². The molecule has 12 nitrogen and oxygen atoms in total. The van der Waals surface area contributed by atoms with Gasteiger partial charge >= 0.3 is 0 Å². The third-order valence-electron chi connectivity index (χ3n) is 10.0. The maximum atomic E-state index is 13.5. The van der Waals surface area contributed by atoms with Crippen LogP contribution in [0.1, 0.15) is 84.5 Å². The maximum Gasteiger partial charge on any atom is 0.263 e. The maximum absolute atomic E-state index is 13.5. The van der Waals surface area contributed by atoms with Crippen LogP contribution in [-0.4, -0.2) is 68.2 Å². The number of piperazine rings is 1. The Morgan fingerprint density at radius 2 is 1.69 bits per heavy atom. The smallest absolute Gasteiger partial charge is 0.263 e. The number of ketones is 1. The number of pyridine rings is 2. The molecular weight excluding hydrogens is 608 g/mol. The number of amides is 2. The summed E-state index contributed by atoms with van der Waals surface area (Å²) in [5.74, 6) is 0.0498. The van der Waals surface area contributed by atoms with Gasteiger partial charge in [0.05, 0.1) is 23.4 Å². The lowest BCUT2D eigenvalue weighted by molar-refractivity contribution is -0.134. The van der Waals surface area contributed by atoms with Crippen LogP contribution in [0, 0.1) is 6.92 Å². The van der Waals surface area contributed by atoms with E-state index in [4.69, 9.17) is 4.98 Å². The SMILES string of the molecule is CC(=O)c1c(C)c2cnc(Nc3ccc(N4CCN(Cc5ccc(C6CCC(=O)NC6=O)cc5)CC4)cn3)nc2n(C2CCCC2)c1=O. The van der Waals surface area contributed by atoms with Crippen molar-refractivity contribution in [2.45, 2.75) is 70.9 Å². The monoisotopic (exact) mass is 648 g/mol. The summed E-state index contributed by atoms with van der Waals surface area (Å²) >= 11 is 0. The molecular formula is C36H40N8O4. The molecule has 0 spiro atoms. The standard InChI is InChI=1S/C36H40N8O4/c1-22-29-20-38-36(41-33(29)44(26-5-3-4-6-26)35(48)32(22)23(2)45)39-30-13-11-27(19-37-30)43-17-15-42(16-18-43)21-24-7-9-25(10-8-24)28-12-14-31(46)40-34(28)47/h7-11,13,19-20,26,28H,3-6,12,14-18,21H2,1-2H3,(H,40,46,47)(H,37,38,39,41). The molecule has 2 aliphatic heterocycles. The molecule has 1 atom stereocenters. The molecule has 2 N–H and O–H groups in total. The number of aromatic nitrogens is 4. The average molecular weight is 649 g/mol. The lowest BCUT2D eigenvalue weighted by Gasteiger charge is -2.36. The first kappa shape index (κ1) is 31.6. The quantitative estimate of drug-likeness (QED) is 0.209. The van der Waals surface area contributed by atoms with Crippen LogP contribution in [0.25, 0.3) is 11.0 Å². The van der Waals surface area contributed by atoms with Crippen LogP contribution < -0.4 is 21.1 Å². The van der Waals surface area contributed by atoms with Gasteiger partial charge in [-0.2, -0.15) is 4.98 Å². The topological polar surface area (TPSA) is 142 Å². The molecule has 2 amide bonds. The lowest BCUT2D eigenvalue weighted by atomic mass is 9.90. The number of imide groups is 1. The fourth-order valence-electron chi connectivity index (χ4n) is 7.36. The Balaban J connectivity index is 0.983. The number of benzene rings is 1. The van der Waals surface area contributed by atoms with Gasteiger partial charge in [-0.1, -0.05) is 37.1 Å². The summed E-state index contributed by atoms with van der Waals surface area (Å²) in [6.45, 7) is 7.63. The molecule has 0 bridgehead atoms. The summed E-state index contributed by atoms with van der Waals surface area (Å²) in [4.78, 5) is 68.3. The Bertz CT molecular complexity index is 1930. The van der Waals surface area contributed by atoms with Gasteiger partial charge in [-0.05, 0) is 61.9 Å². The van der Waals surface area contributed by atoms with E-state index in [1.54, 1.807) is 17.7 Å². The number of fused-ring (bicyclic) bond motifs is 1. The van der Waals surface area contributed by atoms with Crippen molar-refractivity contribution >= 4 is 46.1 Å². The molecule has 1 saturated carbocycles. The van der Waals surface area contributed by atoms with Gasteiger partial charge in [-0.25, -0.2) is 9.97 Å². The Hall–Kier alpha value is -4.97. The van der Waals surface area contributed by atoms with Crippen LogP contribution >= 0.6 is 0 Å². The van der Waals surface area contributed by atoms with Crippen LogP contribution in [0.15, 0.2) is 53.6 Å². The molecule has 3 aliphatic rings. The third kappa shape index (κ3) is 6.32. The average Bonchev–Trinajstić information content (AvgIpc) is 3.61. The van der Waals surface area contributed by atoms with E-state index in [1.807, 2.05) is 30.5 Å². The molecule has 12 heteroatoms. The fourth-order valence-corrected chi connectivity index (χ4v) is 7.36. The number of rotatable bonds is 8. The van der Waals surface area contributed by atoms with E-state index in [2.05, 4.69) is 42.5 Å². The van der Waals surface area contributed by atoms with Crippen LogP contribution in [0.2, 0.25) is 0 Å². The number of hydrogen-bond acceptors (Lipinski definition) is 10. The van der Waals surface area contributed by atoms with Gasteiger partial charge in [0.25, 0.3) is 5.56 Å². The van der Waals surface area contributed by atoms with Crippen molar-refractivity contribution in [3.05, 3.63) is 81.4 Å². The van der Waals surface area contributed by atoms with Crippen LogP contribution in [-0.2, 0) is 16.1 Å². The lowest BCUT2D eigenvalue weighted by Crippen LogP contribution is -2.46. The van der Waals surface area contributed by atoms with E-state index >= 15 is 0 Å². The normalized spacial score (nSPS) is 19.1. The van der Waals surface area contributed by atoms with Crippen LogP contribution in [0.3, 0.4) is 0 Å². The summed E-state index contributed by atoms with van der Waals surface area (Å²) in [6, 6.07) is 12.2. The molecule has 7 rings (SSSR count). The summed E-state index contributed by atoms with van der Waals surface area (Å²) in [5, 5.41) is 6.36. The van der Waals surface area contributed by atoms with E-state index in [-0.39, 0.29) is 40.7 Å². The Labute approximate surface area is 278 Å². The molecule has 248 valence electrons. The van der Waals surface area contributed by atoms with Crippen molar-refractivity contribution in [2.24, 2.45) is 0 Å². The molecule has 4 aromatic rings. The Morgan fingerprint density at radius 3 is 2.35 bits per heavy atom. The van der Waals surface area contributed by atoms with Gasteiger partial charge in [0.2, 0.25) is 17.8 Å². The van der Waals surface area contributed by atoms with Gasteiger partial charge in [0.1, 0.15) is 11.5 Å². The minimum absolute atomic E-state index is 0.0184. The first-order valence-corrected chi connectivity index (χ1v) is 16.8. The first-order valence-electron chi connectivity index (χ1n) is 16.8. The van der Waals surface area contributed by atoms with Crippen LogP contribution in [0.5, 0.6) is 0 Å². The van der Waals surface area contributed by atoms with E-state index in [0.717, 1.165) is 69.7 Å². The molecule has 3 fully saturated rings. The third-order valence-corrected chi connectivity index (χ3v) is 10.0. The van der Waals surface area contributed by atoms with E-state index in [0.29, 0.717) is 41.2 Å². The van der Waals surface area contributed by atoms with E-state index < -0.39 is 0 Å². The number of nitrogens with zero attached hydrogens (tertiary/aromatic N) is 6. The minimum atomic E-state index is -0.269. The largest absolute Gasteiger partial charge is 0.368 e. The van der Waals surface area contributed by atoms with Crippen molar-refractivity contribution in [2.75, 3.05) is 36.4 Å². The number of aryl methyl sites for hydroxylation is 1. The van der Waals surface area contributed by atoms with E-state index in [9.17, 15) is 19.2 Å². The summed E-state index contributed by atoms with van der Waals surface area (Å²) in [6.07, 6.45) is 8.35. The number of Topliss-reactive ketones (excluding diaryl/α,β-unsaturated/α-hetero) is 1. The van der Waals surface area contributed by atoms with Crippen molar-refractivity contribution in [3.63, 3.8) is 0 Å². The zero-order chi connectivity index (χ0) is 33.4. The predicted octanol–water partition coefficient (Wildman–Crippen LogP) is 4.40. The van der Waals surface area contributed by atoms with Crippen molar-refractivity contribution in [3.8, 4) is 0 Å². The molecule has 1 aliphatic carbocycles. The second-order valence-corrected chi connectivity index (χ2v) is 13.1. The first-order chi connectivity index (χ1) is 23.2. The number of carbonyl (C=O) groups is 3. The Morgan fingerprint density at radius 1 is 0.938 bits per heavy atom. The van der Waals surface area contributed by atoms with Crippen LogP contribution in [0.4, 0.5) is 17.5 Å². The van der Waals surface area contributed by atoms with Gasteiger partial charge < -0.3 is 10.2 Å². The summed E-state index contributed by atoms with van der Waals surface area (Å²) in [7, 11) is 0. The van der Waals surface area contributed by atoms with Gasteiger partial charge in [0, 0.05) is 56.8 Å². The summed E-state index contributed by atoms with van der Waals surface area (Å²) < 4.78 is 1.71. The highest BCUT2D eigenvalue weighted by Gasteiger charge is 2.28. The fraction of sp³-hybridized carbons (Fsp3) is 0.417. The number of carbonyl (C=O) groups excluding carboxylic acids is 3. The second kappa shape index (κ2) is 13.3. The molecule has 3 aromatic heterocycles. The molecule has 5 heterocycles. The number of hydrogen-bond donors (Lipinski definition) is 2. The predicted molar refractivity (Wildman–Crippen MR) is 183 cm³/mol. The van der Waals surface area contributed by atoms with Gasteiger partial charge in [-0.3, -0.25) is 34.0 Å². The Kier molecular flexibility index (Phi) is 8.74. The number of anilines is 3. The number of nitrogens with one attached hydrogen (secondary N) is 2. The molecule has 0 radical (unpaired) electrons. The van der Waals surface area contributed by atoms with E-state index in [1.165, 1.54) is 12.5 Å². The van der Waals surface area contributed by atoms with Gasteiger partial charge in [-0.15, -0.1) is 0 Å². The molecule has 1 aromatic carbocycles. The molecule has 1 unspecified atom stereocenters. The zero-order valence-electron chi connectivity index (χ0n) is 27.4. The number of piperidine rings is 1. The molecule has 2 saturated heterocycles. The second-order valence-electron chi connectivity index (χ2n) is 13.1. The van der Waals surface area contributed by atoms with Crippen molar-refractivity contribution < 1.29 is 14.4 Å². The zero-order valence-corrected chi connectivity index (χ0v) is 27.4.